The van der Waals surface area contributed by atoms with Gasteiger partial charge in [0, 0.05) is 0 Å². The summed E-state index contributed by atoms with van der Waals surface area (Å²) in [6.07, 6.45) is 6.96. The molecule has 1 N–H and O–H groups in total. The fourth-order valence-corrected chi connectivity index (χ4v) is 2.54. The summed E-state index contributed by atoms with van der Waals surface area (Å²) in [5, 5.41) is 3.47. The second kappa shape index (κ2) is 4.99. The molecule has 0 aromatic carbocycles. The highest BCUT2D eigenvalue weighted by atomic mass is 14.9. The molecule has 1 heteroatoms. The van der Waals surface area contributed by atoms with Crippen molar-refractivity contribution in [1.82, 2.24) is 5.32 Å². The molecule has 0 radical (unpaired) electrons. The second-order valence-electron chi connectivity index (χ2n) is 4.82. The maximum absolute atomic E-state index is 3.47. The van der Waals surface area contributed by atoms with Gasteiger partial charge in [-0.05, 0) is 43.7 Å². The number of piperidine rings is 1. The standard InChI is InChI=1S/C12H25N/c1-4-11(3)10-12(5-2)6-8-13-9-7-12/h11,13H,4-10H2,1-3H3. The first kappa shape index (κ1) is 11.0. The summed E-state index contributed by atoms with van der Waals surface area (Å²) in [7, 11) is 0. The Morgan fingerprint density at radius 3 is 2.31 bits per heavy atom. The van der Waals surface area contributed by atoms with Crippen molar-refractivity contribution in [2.24, 2.45) is 11.3 Å². The van der Waals surface area contributed by atoms with Crippen LogP contribution in [0.25, 0.3) is 0 Å². The highest BCUT2D eigenvalue weighted by molar-refractivity contribution is 4.84. The van der Waals surface area contributed by atoms with E-state index in [4.69, 9.17) is 0 Å². The molecule has 1 fully saturated rings. The average molecular weight is 183 g/mol. The lowest BCUT2D eigenvalue weighted by molar-refractivity contribution is 0.148. The highest BCUT2D eigenvalue weighted by Crippen LogP contribution is 2.39. The number of hydrogen-bond donors (Lipinski definition) is 1. The van der Waals surface area contributed by atoms with E-state index in [2.05, 4.69) is 26.1 Å². The SMILES string of the molecule is CCC(C)CC1(CC)CCNCC1. The Balaban J connectivity index is 2.47. The molecule has 0 aliphatic carbocycles. The third kappa shape index (κ3) is 2.98. The molecule has 0 aromatic heterocycles. The zero-order valence-electron chi connectivity index (χ0n) is 9.53. The number of hydrogen-bond acceptors (Lipinski definition) is 1. The third-order valence-corrected chi connectivity index (χ3v) is 3.89. The summed E-state index contributed by atoms with van der Waals surface area (Å²) in [4.78, 5) is 0. The van der Waals surface area contributed by atoms with Crippen LogP contribution in [0.15, 0.2) is 0 Å². The fourth-order valence-electron chi connectivity index (χ4n) is 2.54. The summed E-state index contributed by atoms with van der Waals surface area (Å²) in [6.45, 7) is 9.57. The molecule has 1 rings (SSSR count). The van der Waals surface area contributed by atoms with Gasteiger partial charge in [0.05, 0.1) is 0 Å². The van der Waals surface area contributed by atoms with Crippen LogP contribution in [0.4, 0.5) is 0 Å². The van der Waals surface area contributed by atoms with Crippen LogP contribution < -0.4 is 5.32 Å². The summed E-state index contributed by atoms with van der Waals surface area (Å²) in [5.74, 6) is 0.915. The number of rotatable bonds is 4. The number of nitrogens with one attached hydrogen (secondary N) is 1. The summed E-state index contributed by atoms with van der Waals surface area (Å²) < 4.78 is 0. The molecule has 0 aromatic rings. The highest BCUT2D eigenvalue weighted by Gasteiger charge is 2.30. The molecule has 1 saturated heterocycles. The molecule has 1 unspecified atom stereocenters. The van der Waals surface area contributed by atoms with Crippen LogP contribution in [-0.4, -0.2) is 13.1 Å². The van der Waals surface area contributed by atoms with Crippen LogP contribution in [-0.2, 0) is 0 Å². The van der Waals surface area contributed by atoms with Crippen molar-refractivity contribution < 1.29 is 0 Å². The van der Waals surface area contributed by atoms with Gasteiger partial charge in [0.1, 0.15) is 0 Å². The molecule has 0 amide bonds. The van der Waals surface area contributed by atoms with Crippen molar-refractivity contribution >= 4 is 0 Å². The fraction of sp³-hybridized carbons (Fsp3) is 1.00. The Morgan fingerprint density at radius 1 is 1.23 bits per heavy atom. The zero-order chi connectivity index (χ0) is 9.73. The van der Waals surface area contributed by atoms with Crippen LogP contribution in [0, 0.1) is 11.3 Å². The minimum Gasteiger partial charge on any atom is -0.317 e. The molecule has 0 spiro atoms. The van der Waals surface area contributed by atoms with Crippen molar-refractivity contribution in [1.29, 1.82) is 0 Å². The van der Waals surface area contributed by atoms with Gasteiger partial charge in [-0.15, -0.1) is 0 Å². The lowest BCUT2D eigenvalue weighted by Gasteiger charge is -2.38. The molecule has 0 bridgehead atoms. The average Bonchev–Trinajstić information content (AvgIpc) is 2.19. The normalized spacial score (nSPS) is 24.2. The van der Waals surface area contributed by atoms with E-state index < -0.39 is 0 Å². The van der Waals surface area contributed by atoms with Gasteiger partial charge in [-0.3, -0.25) is 0 Å². The van der Waals surface area contributed by atoms with E-state index in [1.165, 1.54) is 45.2 Å². The molecular weight excluding hydrogens is 158 g/mol. The minimum absolute atomic E-state index is 0.681. The molecular formula is C12H25N. The second-order valence-corrected chi connectivity index (χ2v) is 4.82. The monoisotopic (exact) mass is 183 g/mol. The molecule has 13 heavy (non-hydrogen) atoms. The van der Waals surface area contributed by atoms with E-state index in [0.29, 0.717) is 5.41 Å². The van der Waals surface area contributed by atoms with Crippen molar-refractivity contribution in [2.45, 2.75) is 52.9 Å². The smallest absolute Gasteiger partial charge is 0.00436 e. The minimum atomic E-state index is 0.681. The van der Waals surface area contributed by atoms with Gasteiger partial charge < -0.3 is 5.32 Å². The van der Waals surface area contributed by atoms with Crippen molar-refractivity contribution in [3.8, 4) is 0 Å². The quantitative estimate of drug-likeness (QED) is 0.705. The van der Waals surface area contributed by atoms with Gasteiger partial charge in [0.2, 0.25) is 0 Å². The lowest BCUT2D eigenvalue weighted by atomic mass is 9.70. The molecule has 1 heterocycles. The van der Waals surface area contributed by atoms with E-state index in [-0.39, 0.29) is 0 Å². The predicted molar refractivity (Wildman–Crippen MR) is 58.9 cm³/mol. The summed E-state index contributed by atoms with van der Waals surface area (Å²) in [5.41, 5.74) is 0.681. The Bertz CT molecular complexity index is 136. The van der Waals surface area contributed by atoms with Crippen LogP contribution >= 0.6 is 0 Å². The van der Waals surface area contributed by atoms with Gasteiger partial charge in [-0.1, -0.05) is 33.6 Å². The van der Waals surface area contributed by atoms with E-state index in [1.54, 1.807) is 0 Å². The maximum Gasteiger partial charge on any atom is -0.00436 e. The van der Waals surface area contributed by atoms with Gasteiger partial charge in [0.15, 0.2) is 0 Å². The van der Waals surface area contributed by atoms with Gasteiger partial charge in [-0.25, -0.2) is 0 Å². The lowest BCUT2D eigenvalue weighted by Crippen LogP contribution is -2.37. The van der Waals surface area contributed by atoms with Gasteiger partial charge in [-0.2, -0.15) is 0 Å². The van der Waals surface area contributed by atoms with Gasteiger partial charge >= 0.3 is 0 Å². The van der Waals surface area contributed by atoms with Crippen LogP contribution in [0.2, 0.25) is 0 Å². The van der Waals surface area contributed by atoms with Crippen LogP contribution in [0.3, 0.4) is 0 Å². The molecule has 0 saturated carbocycles. The first-order valence-corrected chi connectivity index (χ1v) is 5.93. The van der Waals surface area contributed by atoms with Crippen molar-refractivity contribution in [2.75, 3.05) is 13.1 Å². The summed E-state index contributed by atoms with van der Waals surface area (Å²) >= 11 is 0. The first-order valence-electron chi connectivity index (χ1n) is 5.93. The van der Waals surface area contributed by atoms with Gasteiger partial charge in [0.25, 0.3) is 0 Å². The largest absolute Gasteiger partial charge is 0.317 e. The molecule has 1 nitrogen and oxygen atoms in total. The zero-order valence-corrected chi connectivity index (χ0v) is 9.53. The van der Waals surface area contributed by atoms with Crippen LogP contribution in [0.1, 0.15) is 52.9 Å². The van der Waals surface area contributed by atoms with E-state index in [1.807, 2.05) is 0 Å². The maximum atomic E-state index is 3.47. The molecule has 78 valence electrons. The van der Waals surface area contributed by atoms with Crippen molar-refractivity contribution in [3.05, 3.63) is 0 Å². The Morgan fingerprint density at radius 2 is 1.85 bits per heavy atom. The molecule has 1 atom stereocenters. The van der Waals surface area contributed by atoms with E-state index in [9.17, 15) is 0 Å². The molecule has 1 aliphatic heterocycles. The van der Waals surface area contributed by atoms with Crippen molar-refractivity contribution in [3.63, 3.8) is 0 Å². The Kier molecular flexibility index (Phi) is 4.24. The topological polar surface area (TPSA) is 12.0 Å². The van der Waals surface area contributed by atoms with Crippen LogP contribution in [0.5, 0.6) is 0 Å². The molecule has 1 aliphatic rings. The predicted octanol–water partition coefficient (Wildman–Crippen LogP) is 3.20. The first-order chi connectivity index (χ1) is 6.22. The van der Waals surface area contributed by atoms with E-state index >= 15 is 0 Å². The third-order valence-electron chi connectivity index (χ3n) is 3.89. The van der Waals surface area contributed by atoms with E-state index in [0.717, 1.165) is 5.92 Å². The summed E-state index contributed by atoms with van der Waals surface area (Å²) in [6, 6.07) is 0. The Labute approximate surface area is 83.3 Å². The Hall–Kier alpha value is -0.0400.